The van der Waals surface area contributed by atoms with E-state index in [1.54, 1.807) is 0 Å². The van der Waals surface area contributed by atoms with Gasteiger partial charge in [-0.1, -0.05) is 29.8 Å². The van der Waals surface area contributed by atoms with Crippen molar-refractivity contribution in [3.63, 3.8) is 0 Å². The van der Waals surface area contributed by atoms with Crippen molar-refractivity contribution in [3.05, 3.63) is 35.4 Å². The molecule has 0 bridgehead atoms. The van der Waals surface area contributed by atoms with Crippen LogP contribution in [0.3, 0.4) is 0 Å². The Hall–Kier alpha value is -0.900. The Morgan fingerprint density at radius 1 is 1.22 bits per heavy atom. The predicted molar refractivity (Wildman–Crippen MR) is 70.6 cm³/mol. The average molecular weight is 250 g/mol. The van der Waals surface area contributed by atoms with Crippen LogP contribution in [0.5, 0.6) is 0 Å². The molecule has 0 spiro atoms. The first-order chi connectivity index (χ1) is 8.57. The number of hydrogen-bond acceptors (Lipinski definition) is 3. The number of benzene rings is 1. The third-order valence-corrected chi connectivity index (χ3v) is 3.17. The van der Waals surface area contributed by atoms with Crippen LogP contribution in [-0.4, -0.2) is 31.7 Å². The van der Waals surface area contributed by atoms with Gasteiger partial charge < -0.3 is 14.2 Å². The highest BCUT2D eigenvalue weighted by Gasteiger charge is 2.31. The van der Waals surface area contributed by atoms with E-state index in [-0.39, 0.29) is 6.10 Å². The molecule has 0 aliphatic carbocycles. The van der Waals surface area contributed by atoms with Crippen molar-refractivity contribution in [2.24, 2.45) is 0 Å². The number of rotatable bonds is 5. The van der Waals surface area contributed by atoms with Crippen molar-refractivity contribution < 1.29 is 14.2 Å². The van der Waals surface area contributed by atoms with Gasteiger partial charge in [-0.25, -0.2) is 0 Å². The van der Waals surface area contributed by atoms with Crippen molar-refractivity contribution in [1.82, 2.24) is 0 Å². The minimum absolute atomic E-state index is 0.164. The van der Waals surface area contributed by atoms with Crippen LogP contribution in [0.1, 0.15) is 25.0 Å². The van der Waals surface area contributed by atoms with Crippen molar-refractivity contribution in [3.8, 4) is 0 Å². The second-order valence-corrected chi connectivity index (χ2v) is 5.14. The van der Waals surface area contributed by atoms with Gasteiger partial charge in [-0.2, -0.15) is 0 Å². The zero-order valence-electron chi connectivity index (χ0n) is 11.4. The van der Waals surface area contributed by atoms with E-state index in [2.05, 4.69) is 38.1 Å². The Balaban J connectivity index is 1.78. The van der Waals surface area contributed by atoms with Gasteiger partial charge in [-0.05, 0) is 32.8 Å². The normalized spacial score (nSPS) is 19.9. The molecular formula is C15H22O3. The summed E-state index contributed by atoms with van der Waals surface area (Å²) in [7, 11) is 0. The average Bonchev–Trinajstić information content (AvgIpc) is 2.78. The Morgan fingerprint density at radius 3 is 2.44 bits per heavy atom. The summed E-state index contributed by atoms with van der Waals surface area (Å²) in [4.78, 5) is 0. The fourth-order valence-electron chi connectivity index (χ4n) is 2.05. The lowest BCUT2D eigenvalue weighted by molar-refractivity contribution is -0.188. The maximum atomic E-state index is 5.81. The van der Waals surface area contributed by atoms with Crippen LogP contribution in [0.4, 0.5) is 0 Å². The Bertz CT molecular complexity index is 366. The van der Waals surface area contributed by atoms with Gasteiger partial charge in [0.1, 0.15) is 6.61 Å². The quantitative estimate of drug-likeness (QED) is 0.804. The Morgan fingerprint density at radius 2 is 1.83 bits per heavy atom. The predicted octanol–water partition coefficient (Wildman–Crippen LogP) is 2.71. The summed E-state index contributed by atoms with van der Waals surface area (Å²) in [5, 5.41) is 0. The molecule has 0 N–H and O–H groups in total. The highest BCUT2D eigenvalue weighted by atomic mass is 16.7. The summed E-state index contributed by atoms with van der Waals surface area (Å²) >= 11 is 0. The molecule has 1 saturated heterocycles. The van der Waals surface area contributed by atoms with E-state index >= 15 is 0 Å². The number of hydrogen-bond donors (Lipinski definition) is 0. The molecule has 1 atom stereocenters. The van der Waals surface area contributed by atoms with E-state index in [0.717, 1.165) is 6.42 Å². The van der Waals surface area contributed by atoms with Crippen LogP contribution >= 0.6 is 0 Å². The van der Waals surface area contributed by atoms with E-state index in [9.17, 15) is 0 Å². The minimum Gasteiger partial charge on any atom is -0.373 e. The molecule has 1 heterocycles. The van der Waals surface area contributed by atoms with Crippen molar-refractivity contribution in [2.45, 2.75) is 39.1 Å². The first-order valence-electron chi connectivity index (χ1n) is 6.52. The van der Waals surface area contributed by atoms with Gasteiger partial charge >= 0.3 is 0 Å². The molecule has 3 heteroatoms. The zero-order valence-corrected chi connectivity index (χ0v) is 11.4. The molecule has 18 heavy (non-hydrogen) atoms. The summed E-state index contributed by atoms with van der Waals surface area (Å²) < 4.78 is 16.8. The SMILES string of the molecule is Cc1ccc(CC(C)OCC2(C)OCCO2)cc1. The van der Waals surface area contributed by atoms with Crippen LogP contribution in [0.15, 0.2) is 24.3 Å². The van der Waals surface area contributed by atoms with Crippen molar-refractivity contribution >= 4 is 0 Å². The van der Waals surface area contributed by atoms with Gasteiger partial charge in [0.05, 0.1) is 19.3 Å². The molecule has 1 fully saturated rings. The van der Waals surface area contributed by atoms with Crippen LogP contribution in [-0.2, 0) is 20.6 Å². The monoisotopic (exact) mass is 250 g/mol. The maximum Gasteiger partial charge on any atom is 0.189 e. The molecule has 2 rings (SSSR count). The summed E-state index contributed by atoms with van der Waals surface area (Å²) in [6.07, 6.45) is 1.08. The Kier molecular flexibility index (Phi) is 4.38. The van der Waals surface area contributed by atoms with Crippen LogP contribution in [0.25, 0.3) is 0 Å². The summed E-state index contributed by atoms with van der Waals surface area (Å²) in [5.74, 6) is -0.554. The standard InChI is InChI=1S/C15H22O3/c1-12-4-6-14(7-5-12)10-13(2)16-11-15(3)17-8-9-18-15/h4-7,13H,8-11H2,1-3H3. The molecule has 0 amide bonds. The lowest BCUT2D eigenvalue weighted by Crippen LogP contribution is -2.34. The first kappa shape index (κ1) is 13.5. The maximum absolute atomic E-state index is 5.81. The van der Waals surface area contributed by atoms with E-state index in [1.165, 1.54) is 11.1 Å². The lowest BCUT2D eigenvalue weighted by atomic mass is 10.1. The summed E-state index contributed by atoms with van der Waals surface area (Å²) in [5.41, 5.74) is 2.58. The molecule has 1 aromatic carbocycles. The third-order valence-electron chi connectivity index (χ3n) is 3.17. The molecule has 0 aromatic heterocycles. The van der Waals surface area contributed by atoms with E-state index in [0.29, 0.717) is 19.8 Å². The van der Waals surface area contributed by atoms with E-state index < -0.39 is 5.79 Å². The number of ether oxygens (including phenoxy) is 3. The smallest absolute Gasteiger partial charge is 0.189 e. The largest absolute Gasteiger partial charge is 0.373 e. The summed E-state index contributed by atoms with van der Waals surface area (Å²) in [6, 6.07) is 8.57. The second-order valence-electron chi connectivity index (χ2n) is 5.14. The fraction of sp³-hybridized carbons (Fsp3) is 0.600. The molecule has 3 nitrogen and oxygen atoms in total. The molecule has 1 aliphatic rings. The Labute approximate surface area is 109 Å². The molecular weight excluding hydrogens is 228 g/mol. The van der Waals surface area contributed by atoms with Gasteiger partial charge in [0, 0.05) is 0 Å². The van der Waals surface area contributed by atoms with Gasteiger partial charge in [-0.15, -0.1) is 0 Å². The highest BCUT2D eigenvalue weighted by molar-refractivity contribution is 5.21. The van der Waals surface area contributed by atoms with Gasteiger partial charge in [-0.3, -0.25) is 0 Å². The molecule has 1 aliphatic heterocycles. The topological polar surface area (TPSA) is 27.7 Å². The van der Waals surface area contributed by atoms with E-state index in [1.807, 2.05) is 6.92 Å². The minimum atomic E-state index is -0.554. The number of aryl methyl sites for hydroxylation is 1. The van der Waals surface area contributed by atoms with E-state index in [4.69, 9.17) is 14.2 Å². The lowest BCUT2D eigenvalue weighted by Gasteiger charge is -2.24. The van der Waals surface area contributed by atoms with Crippen molar-refractivity contribution in [1.29, 1.82) is 0 Å². The van der Waals surface area contributed by atoms with Gasteiger partial charge in [0.15, 0.2) is 5.79 Å². The molecule has 100 valence electrons. The van der Waals surface area contributed by atoms with Crippen LogP contribution in [0.2, 0.25) is 0 Å². The van der Waals surface area contributed by atoms with Crippen LogP contribution in [0, 0.1) is 6.92 Å². The van der Waals surface area contributed by atoms with Gasteiger partial charge in [0.25, 0.3) is 0 Å². The van der Waals surface area contributed by atoms with Gasteiger partial charge in [0.2, 0.25) is 0 Å². The molecule has 0 radical (unpaired) electrons. The molecule has 1 aromatic rings. The summed E-state index contributed by atoms with van der Waals surface area (Å²) in [6.45, 7) is 7.91. The second kappa shape index (κ2) is 5.83. The van der Waals surface area contributed by atoms with Crippen molar-refractivity contribution in [2.75, 3.05) is 19.8 Å². The third kappa shape index (κ3) is 3.80. The fourth-order valence-corrected chi connectivity index (χ4v) is 2.05. The zero-order chi connectivity index (χ0) is 13.0. The van der Waals surface area contributed by atoms with Crippen LogP contribution < -0.4 is 0 Å². The molecule has 1 unspecified atom stereocenters. The highest BCUT2D eigenvalue weighted by Crippen LogP contribution is 2.19. The first-order valence-corrected chi connectivity index (χ1v) is 6.52. The molecule has 0 saturated carbocycles.